The monoisotopic (exact) mass is 317 g/mol. The van der Waals surface area contributed by atoms with Crippen LogP contribution < -0.4 is 5.56 Å². The molecule has 0 aliphatic heterocycles. The second kappa shape index (κ2) is 6.81. The lowest BCUT2D eigenvalue weighted by atomic mass is 10.0. The largest absolute Gasteiger partial charge is 0.271 e. The molecule has 2 aromatic carbocycles. The molecule has 118 valence electrons. The Kier molecular flexibility index (Phi) is 4.40. The summed E-state index contributed by atoms with van der Waals surface area (Å²) >= 11 is 0. The third-order valence-corrected chi connectivity index (χ3v) is 3.68. The lowest BCUT2D eigenvalue weighted by molar-refractivity contribution is 0.752. The fourth-order valence-electron chi connectivity index (χ4n) is 2.50. The number of para-hydroxylation sites is 1. The number of hydrogen-bond donors (Lipinski definition) is 0. The Bertz CT molecular complexity index is 944. The van der Waals surface area contributed by atoms with Crippen molar-refractivity contribution in [3.63, 3.8) is 0 Å². The van der Waals surface area contributed by atoms with Crippen LogP contribution in [-0.2, 0) is 0 Å². The van der Waals surface area contributed by atoms with Gasteiger partial charge in [-0.1, -0.05) is 60.6 Å². The Labute approximate surface area is 138 Å². The minimum atomic E-state index is -0.490. The Morgan fingerprint density at radius 1 is 1.08 bits per heavy atom. The first-order valence-corrected chi connectivity index (χ1v) is 7.50. The molecule has 1 aromatic heterocycles. The van der Waals surface area contributed by atoms with Gasteiger partial charge in [0, 0.05) is 16.5 Å². The Hall–Kier alpha value is -3.37. The van der Waals surface area contributed by atoms with Crippen molar-refractivity contribution in [3.05, 3.63) is 93.1 Å². The molecule has 0 spiro atoms. The maximum atomic E-state index is 12.5. The van der Waals surface area contributed by atoms with Crippen molar-refractivity contribution >= 4 is 0 Å². The predicted molar refractivity (Wildman–Crippen MR) is 92.8 cm³/mol. The standard InChI is InChI=1S/C18H15N5O/c1-13(20-22-19)16-12-17(24)23(15-10-6-3-7-11-15)21-18(16)14-8-4-2-5-9-14/h2-13H,1H3. The highest BCUT2D eigenvalue weighted by Crippen LogP contribution is 2.27. The van der Waals surface area contributed by atoms with Gasteiger partial charge in [-0.25, -0.2) is 0 Å². The Balaban J connectivity index is 2.26. The summed E-state index contributed by atoms with van der Waals surface area (Å²) in [4.78, 5) is 15.3. The number of nitrogens with zero attached hydrogens (tertiary/aromatic N) is 5. The van der Waals surface area contributed by atoms with Crippen molar-refractivity contribution in [2.24, 2.45) is 5.11 Å². The third kappa shape index (κ3) is 3.04. The third-order valence-electron chi connectivity index (χ3n) is 3.68. The van der Waals surface area contributed by atoms with Crippen LogP contribution in [0.2, 0.25) is 0 Å². The van der Waals surface area contributed by atoms with Crippen LogP contribution in [0.4, 0.5) is 0 Å². The molecule has 0 N–H and O–H groups in total. The number of hydrogen-bond acceptors (Lipinski definition) is 3. The minimum Gasteiger partial charge on any atom is -0.267 e. The van der Waals surface area contributed by atoms with Crippen molar-refractivity contribution in [1.82, 2.24) is 9.78 Å². The zero-order valence-corrected chi connectivity index (χ0v) is 13.1. The predicted octanol–water partition coefficient (Wildman–Crippen LogP) is 4.27. The second-order valence-corrected chi connectivity index (χ2v) is 5.28. The van der Waals surface area contributed by atoms with Crippen LogP contribution in [0.25, 0.3) is 27.4 Å². The van der Waals surface area contributed by atoms with E-state index in [1.165, 1.54) is 10.7 Å². The van der Waals surface area contributed by atoms with Crippen molar-refractivity contribution in [3.8, 4) is 16.9 Å². The SMILES string of the molecule is CC(N=[N+]=[N-])c1cc(=O)n(-c2ccccc2)nc1-c1ccccc1. The van der Waals surface area contributed by atoms with E-state index in [1.54, 1.807) is 6.92 Å². The lowest BCUT2D eigenvalue weighted by Gasteiger charge is -2.14. The number of aromatic nitrogens is 2. The van der Waals surface area contributed by atoms with Crippen LogP contribution in [0, 0.1) is 0 Å². The average Bonchev–Trinajstić information content (AvgIpc) is 2.63. The van der Waals surface area contributed by atoms with Gasteiger partial charge >= 0.3 is 0 Å². The van der Waals surface area contributed by atoms with Gasteiger partial charge < -0.3 is 0 Å². The van der Waals surface area contributed by atoms with E-state index in [0.29, 0.717) is 16.9 Å². The highest BCUT2D eigenvalue weighted by Gasteiger charge is 2.16. The van der Waals surface area contributed by atoms with E-state index >= 15 is 0 Å². The van der Waals surface area contributed by atoms with Gasteiger partial charge in [-0.05, 0) is 23.2 Å². The van der Waals surface area contributed by atoms with E-state index < -0.39 is 6.04 Å². The van der Waals surface area contributed by atoms with Gasteiger partial charge in [0.1, 0.15) is 0 Å². The fourth-order valence-corrected chi connectivity index (χ4v) is 2.50. The van der Waals surface area contributed by atoms with E-state index in [2.05, 4.69) is 15.1 Å². The molecule has 3 aromatic rings. The number of rotatable bonds is 4. The molecule has 6 nitrogen and oxygen atoms in total. The number of azide groups is 1. The molecule has 0 saturated carbocycles. The summed E-state index contributed by atoms with van der Waals surface area (Å²) in [6.07, 6.45) is 0. The lowest BCUT2D eigenvalue weighted by Crippen LogP contribution is -2.22. The van der Waals surface area contributed by atoms with E-state index in [1.807, 2.05) is 60.7 Å². The number of benzene rings is 2. The summed E-state index contributed by atoms with van der Waals surface area (Å²) in [5.74, 6) is 0. The Morgan fingerprint density at radius 2 is 1.71 bits per heavy atom. The van der Waals surface area contributed by atoms with Crippen LogP contribution in [0.5, 0.6) is 0 Å². The zero-order valence-electron chi connectivity index (χ0n) is 13.1. The van der Waals surface area contributed by atoms with Gasteiger partial charge in [0.2, 0.25) is 0 Å². The summed E-state index contributed by atoms with van der Waals surface area (Å²) in [5, 5.41) is 8.25. The highest BCUT2D eigenvalue weighted by atomic mass is 16.1. The van der Waals surface area contributed by atoms with Gasteiger partial charge in [0.25, 0.3) is 5.56 Å². The molecule has 1 unspecified atom stereocenters. The molecule has 0 bridgehead atoms. The molecular formula is C18H15N5O. The van der Waals surface area contributed by atoms with Crippen LogP contribution in [0.3, 0.4) is 0 Å². The summed E-state index contributed by atoms with van der Waals surface area (Å²) in [6.45, 7) is 1.75. The van der Waals surface area contributed by atoms with E-state index in [9.17, 15) is 4.79 Å². The first-order valence-electron chi connectivity index (χ1n) is 7.50. The van der Waals surface area contributed by atoms with Crippen molar-refractivity contribution in [1.29, 1.82) is 0 Å². The Morgan fingerprint density at radius 3 is 2.33 bits per heavy atom. The first-order chi connectivity index (χ1) is 11.7. The molecule has 0 amide bonds. The maximum absolute atomic E-state index is 12.5. The van der Waals surface area contributed by atoms with Crippen molar-refractivity contribution < 1.29 is 0 Å². The van der Waals surface area contributed by atoms with Crippen LogP contribution in [0.15, 0.2) is 76.6 Å². The van der Waals surface area contributed by atoms with E-state index in [-0.39, 0.29) is 5.56 Å². The summed E-state index contributed by atoms with van der Waals surface area (Å²) in [5.41, 5.74) is 11.2. The average molecular weight is 317 g/mol. The van der Waals surface area contributed by atoms with Crippen molar-refractivity contribution in [2.45, 2.75) is 13.0 Å². The topological polar surface area (TPSA) is 83.7 Å². The molecule has 0 fully saturated rings. The second-order valence-electron chi connectivity index (χ2n) is 5.28. The van der Waals surface area contributed by atoms with Gasteiger partial charge in [0.15, 0.2) is 0 Å². The molecule has 24 heavy (non-hydrogen) atoms. The molecule has 3 rings (SSSR count). The van der Waals surface area contributed by atoms with Gasteiger partial charge in [-0.15, -0.1) is 0 Å². The maximum Gasteiger partial charge on any atom is 0.271 e. The smallest absolute Gasteiger partial charge is 0.267 e. The van der Waals surface area contributed by atoms with Gasteiger partial charge in [-0.2, -0.15) is 9.78 Å². The molecule has 1 atom stereocenters. The molecule has 0 radical (unpaired) electrons. The fraction of sp³-hybridized carbons (Fsp3) is 0.111. The molecule has 0 aliphatic rings. The zero-order chi connectivity index (χ0) is 16.9. The highest BCUT2D eigenvalue weighted by molar-refractivity contribution is 5.63. The summed E-state index contributed by atoms with van der Waals surface area (Å²) < 4.78 is 1.36. The summed E-state index contributed by atoms with van der Waals surface area (Å²) in [6, 6.07) is 19.7. The van der Waals surface area contributed by atoms with Crippen molar-refractivity contribution in [2.75, 3.05) is 0 Å². The van der Waals surface area contributed by atoms with E-state index in [4.69, 9.17) is 5.53 Å². The quantitative estimate of drug-likeness (QED) is 0.409. The van der Waals surface area contributed by atoms with E-state index in [0.717, 1.165) is 5.56 Å². The molecule has 0 saturated heterocycles. The normalized spacial score (nSPS) is 11.5. The van der Waals surface area contributed by atoms with Gasteiger partial charge in [-0.3, -0.25) is 4.79 Å². The van der Waals surface area contributed by atoms with Crippen LogP contribution in [0.1, 0.15) is 18.5 Å². The van der Waals surface area contributed by atoms with Crippen LogP contribution >= 0.6 is 0 Å². The first kappa shape index (κ1) is 15.5. The molecule has 6 heteroatoms. The van der Waals surface area contributed by atoms with Crippen LogP contribution in [-0.4, -0.2) is 9.78 Å². The molecular weight excluding hydrogens is 302 g/mol. The minimum absolute atomic E-state index is 0.268. The molecule has 0 aliphatic carbocycles. The summed E-state index contributed by atoms with van der Waals surface area (Å²) in [7, 11) is 0. The van der Waals surface area contributed by atoms with Gasteiger partial charge in [0.05, 0.1) is 17.4 Å². The molecule has 1 heterocycles.